The number of hydrogen-bond donors (Lipinski definition) is 0. The second kappa shape index (κ2) is 6.88. The quantitative estimate of drug-likeness (QED) is 0.715. The van der Waals surface area contributed by atoms with E-state index >= 15 is 0 Å². The summed E-state index contributed by atoms with van der Waals surface area (Å²) in [6.07, 6.45) is 5.04. The number of ketones is 1. The van der Waals surface area contributed by atoms with Crippen LogP contribution in [0.4, 0.5) is 0 Å². The lowest BCUT2D eigenvalue weighted by Gasteiger charge is -2.17. The Labute approximate surface area is 169 Å². The molecule has 3 heterocycles. The maximum absolute atomic E-state index is 13.0. The molecule has 0 aromatic heterocycles. The third kappa shape index (κ3) is 3.60. The van der Waals surface area contributed by atoms with Crippen molar-refractivity contribution in [3.05, 3.63) is 69.8 Å². The summed E-state index contributed by atoms with van der Waals surface area (Å²) in [4.78, 5) is 13.0. The molecule has 29 heavy (non-hydrogen) atoms. The van der Waals surface area contributed by atoms with Crippen molar-refractivity contribution in [2.45, 2.75) is 12.8 Å². The molecule has 3 aliphatic heterocycles. The van der Waals surface area contributed by atoms with Gasteiger partial charge in [-0.05, 0) is 58.7 Å². The minimum Gasteiger partial charge on any atom is -0.493 e. The van der Waals surface area contributed by atoms with Crippen LogP contribution in [-0.4, -0.2) is 38.9 Å². The molecule has 2 aromatic carbocycles. The van der Waals surface area contributed by atoms with Crippen LogP contribution in [-0.2, 0) is 27.5 Å². The van der Waals surface area contributed by atoms with Crippen molar-refractivity contribution in [2.75, 3.05) is 24.7 Å². The largest absolute Gasteiger partial charge is 0.493 e. The van der Waals surface area contributed by atoms with E-state index in [1.165, 1.54) is 0 Å². The smallest absolute Gasteiger partial charge is 0.187 e. The van der Waals surface area contributed by atoms with Crippen LogP contribution in [0.2, 0.25) is 0 Å². The third-order valence-electron chi connectivity index (χ3n) is 5.44. The fourth-order valence-corrected chi connectivity index (χ4v) is 5.55. The third-order valence-corrected chi connectivity index (χ3v) is 6.94. The molecular formula is C23H20O5S. The Morgan fingerprint density at radius 2 is 1.24 bits per heavy atom. The molecule has 6 heteroatoms. The van der Waals surface area contributed by atoms with Gasteiger partial charge in [-0.15, -0.1) is 0 Å². The van der Waals surface area contributed by atoms with Gasteiger partial charge < -0.3 is 9.47 Å². The van der Waals surface area contributed by atoms with Crippen LogP contribution < -0.4 is 9.47 Å². The van der Waals surface area contributed by atoms with Gasteiger partial charge in [0.1, 0.15) is 11.5 Å². The molecule has 0 aliphatic carbocycles. The van der Waals surface area contributed by atoms with Crippen LogP contribution in [0.15, 0.2) is 47.5 Å². The average molecular weight is 408 g/mol. The van der Waals surface area contributed by atoms with Gasteiger partial charge in [0.15, 0.2) is 15.6 Å². The van der Waals surface area contributed by atoms with E-state index in [2.05, 4.69) is 0 Å². The summed E-state index contributed by atoms with van der Waals surface area (Å²) < 4.78 is 36.0. The summed E-state index contributed by atoms with van der Waals surface area (Å²) in [6, 6.07) is 11.4. The molecule has 0 unspecified atom stereocenters. The van der Waals surface area contributed by atoms with E-state index in [-0.39, 0.29) is 17.3 Å². The summed E-state index contributed by atoms with van der Waals surface area (Å²) in [5, 5.41) is 0. The van der Waals surface area contributed by atoms with Crippen LogP contribution in [0.1, 0.15) is 22.3 Å². The summed E-state index contributed by atoms with van der Waals surface area (Å²) >= 11 is 0. The molecule has 0 spiro atoms. The lowest BCUT2D eigenvalue weighted by Crippen LogP contribution is -2.28. The van der Waals surface area contributed by atoms with Crippen molar-refractivity contribution in [3.63, 3.8) is 0 Å². The normalized spacial score (nSPS) is 22.3. The Kier molecular flexibility index (Phi) is 4.32. The van der Waals surface area contributed by atoms with Crippen molar-refractivity contribution in [1.82, 2.24) is 0 Å². The standard InChI is InChI=1S/C23H20O5S/c24-23-19(11-15-1-3-21-17(9-15)5-7-27-21)13-29(25,26)14-20(23)12-16-2-4-22-18(10-16)6-8-28-22/h1-4,9-12H,5-8,13-14H2/b19-11-,20-12+. The zero-order chi connectivity index (χ0) is 20.0. The van der Waals surface area contributed by atoms with Gasteiger partial charge in [-0.3, -0.25) is 4.79 Å². The van der Waals surface area contributed by atoms with Gasteiger partial charge in [0.2, 0.25) is 0 Å². The van der Waals surface area contributed by atoms with E-state index in [1.54, 1.807) is 12.2 Å². The topological polar surface area (TPSA) is 69.7 Å². The number of carbonyl (C=O) groups is 1. The molecular weight excluding hydrogens is 388 g/mol. The number of carbonyl (C=O) groups excluding carboxylic acids is 1. The molecule has 1 fully saturated rings. The van der Waals surface area contributed by atoms with E-state index < -0.39 is 9.84 Å². The Morgan fingerprint density at radius 1 is 0.759 bits per heavy atom. The highest BCUT2D eigenvalue weighted by Crippen LogP contribution is 2.30. The molecule has 0 atom stereocenters. The highest BCUT2D eigenvalue weighted by molar-refractivity contribution is 7.92. The maximum Gasteiger partial charge on any atom is 0.187 e. The fraction of sp³-hybridized carbons (Fsp3) is 0.261. The number of sulfone groups is 1. The first-order chi connectivity index (χ1) is 14.0. The van der Waals surface area contributed by atoms with Crippen LogP contribution in [0.25, 0.3) is 12.2 Å². The number of hydrogen-bond acceptors (Lipinski definition) is 5. The molecule has 2 aromatic rings. The van der Waals surface area contributed by atoms with Gasteiger partial charge in [-0.1, -0.05) is 12.1 Å². The van der Waals surface area contributed by atoms with E-state index in [0.29, 0.717) is 24.4 Å². The van der Waals surface area contributed by atoms with Gasteiger partial charge in [0, 0.05) is 24.0 Å². The number of Topliss-reactive ketones (excluding diaryl/α,β-unsaturated/α-hetero) is 1. The van der Waals surface area contributed by atoms with Crippen LogP contribution in [0.5, 0.6) is 11.5 Å². The molecule has 5 nitrogen and oxygen atoms in total. The second-order valence-electron chi connectivity index (χ2n) is 7.63. The van der Waals surface area contributed by atoms with E-state index in [0.717, 1.165) is 46.6 Å². The average Bonchev–Trinajstić information content (AvgIpc) is 3.33. The Morgan fingerprint density at radius 3 is 1.72 bits per heavy atom. The minimum atomic E-state index is -3.38. The van der Waals surface area contributed by atoms with Crippen LogP contribution >= 0.6 is 0 Å². The molecule has 1 saturated heterocycles. The monoisotopic (exact) mass is 408 g/mol. The lowest BCUT2D eigenvalue weighted by atomic mass is 9.99. The predicted octanol–water partition coefficient (Wildman–Crippen LogP) is 3.02. The number of ether oxygens (including phenoxy) is 2. The fourth-order valence-electron chi connectivity index (χ4n) is 4.07. The molecule has 0 amide bonds. The number of benzene rings is 2. The Balaban J connectivity index is 1.50. The van der Waals surface area contributed by atoms with Gasteiger partial charge >= 0.3 is 0 Å². The van der Waals surface area contributed by atoms with Gasteiger partial charge in [0.25, 0.3) is 0 Å². The zero-order valence-corrected chi connectivity index (χ0v) is 16.6. The molecule has 0 radical (unpaired) electrons. The Bertz CT molecular complexity index is 1100. The molecule has 0 N–H and O–H groups in total. The van der Waals surface area contributed by atoms with Gasteiger partial charge in [-0.2, -0.15) is 0 Å². The van der Waals surface area contributed by atoms with Crippen molar-refractivity contribution < 1.29 is 22.7 Å². The van der Waals surface area contributed by atoms with Crippen molar-refractivity contribution >= 4 is 27.8 Å². The van der Waals surface area contributed by atoms with E-state index in [9.17, 15) is 13.2 Å². The van der Waals surface area contributed by atoms with E-state index in [4.69, 9.17) is 9.47 Å². The van der Waals surface area contributed by atoms with Crippen LogP contribution in [0.3, 0.4) is 0 Å². The van der Waals surface area contributed by atoms with Crippen molar-refractivity contribution in [2.24, 2.45) is 0 Å². The van der Waals surface area contributed by atoms with Crippen LogP contribution in [0, 0.1) is 0 Å². The Hall–Kier alpha value is -2.86. The summed E-state index contributed by atoms with van der Waals surface area (Å²) in [6.45, 7) is 1.31. The molecule has 5 rings (SSSR count). The molecule has 0 saturated carbocycles. The number of fused-ring (bicyclic) bond motifs is 2. The molecule has 148 valence electrons. The summed E-state index contributed by atoms with van der Waals surface area (Å²) in [5.74, 6) is 1.06. The minimum absolute atomic E-state index is 0.201. The molecule has 0 bridgehead atoms. The maximum atomic E-state index is 13.0. The van der Waals surface area contributed by atoms with Gasteiger partial charge in [0.05, 0.1) is 24.7 Å². The first-order valence-corrected chi connectivity index (χ1v) is 11.5. The first kappa shape index (κ1) is 18.2. The first-order valence-electron chi connectivity index (χ1n) is 9.65. The summed E-state index contributed by atoms with van der Waals surface area (Å²) in [5.41, 5.74) is 4.44. The summed E-state index contributed by atoms with van der Waals surface area (Å²) in [7, 11) is -3.38. The SMILES string of the molecule is O=C1/C(=C/c2ccc3c(c2)CCO3)CS(=O)(=O)C/C1=C/c1ccc2c(c1)CCO2. The highest BCUT2D eigenvalue weighted by atomic mass is 32.2. The predicted molar refractivity (Wildman–Crippen MR) is 111 cm³/mol. The highest BCUT2D eigenvalue weighted by Gasteiger charge is 2.31. The number of rotatable bonds is 2. The van der Waals surface area contributed by atoms with Crippen molar-refractivity contribution in [1.29, 1.82) is 0 Å². The van der Waals surface area contributed by atoms with Crippen molar-refractivity contribution in [3.8, 4) is 11.5 Å². The second-order valence-corrected chi connectivity index (χ2v) is 9.70. The zero-order valence-electron chi connectivity index (χ0n) is 15.8. The van der Waals surface area contributed by atoms with E-state index in [1.807, 2.05) is 36.4 Å². The molecule has 3 aliphatic rings. The lowest BCUT2D eigenvalue weighted by molar-refractivity contribution is -0.112. The van der Waals surface area contributed by atoms with Gasteiger partial charge in [-0.25, -0.2) is 8.42 Å².